The predicted molar refractivity (Wildman–Crippen MR) is 110 cm³/mol. The molecule has 4 rings (SSSR count). The smallest absolute Gasteiger partial charge is 0.243 e. The van der Waals surface area contributed by atoms with Crippen LogP contribution in [0.2, 0.25) is 0 Å². The van der Waals surface area contributed by atoms with E-state index in [4.69, 9.17) is 4.52 Å². The standard InChI is InChI=1S/C23H28N4O/c1-3-21-24-23(28-25-21)18(2)26-14-16-27(17-15-26)22(19-10-6-4-7-11-19)20-12-8-5-9-13-20/h4-13,18,22H,3,14-17H2,1-2H3. The number of nitrogens with zero attached hydrogens (tertiary/aromatic N) is 4. The van der Waals surface area contributed by atoms with Crippen LogP contribution in [-0.4, -0.2) is 46.1 Å². The zero-order valence-corrected chi connectivity index (χ0v) is 16.7. The highest BCUT2D eigenvalue weighted by molar-refractivity contribution is 5.32. The molecule has 0 saturated carbocycles. The van der Waals surface area contributed by atoms with E-state index in [-0.39, 0.29) is 12.1 Å². The fraction of sp³-hybridized carbons (Fsp3) is 0.391. The molecule has 5 nitrogen and oxygen atoms in total. The molecule has 2 heterocycles. The number of piperazine rings is 1. The van der Waals surface area contributed by atoms with Crippen LogP contribution in [0.1, 0.15) is 48.8 Å². The maximum atomic E-state index is 5.47. The zero-order chi connectivity index (χ0) is 19.3. The summed E-state index contributed by atoms with van der Waals surface area (Å²) in [7, 11) is 0. The molecule has 1 atom stereocenters. The van der Waals surface area contributed by atoms with Crippen molar-refractivity contribution in [3.63, 3.8) is 0 Å². The molecule has 1 aliphatic heterocycles. The molecule has 0 amide bonds. The van der Waals surface area contributed by atoms with Crippen molar-refractivity contribution in [2.75, 3.05) is 26.2 Å². The summed E-state index contributed by atoms with van der Waals surface area (Å²) in [5, 5.41) is 4.05. The highest BCUT2D eigenvalue weighted by Crippen LogP contribution is 2.30. The number of aromatic nitrogens is 2. The third kappa shape index (κ3) is 4.01. The van der Waals surface area contributed by atoms with E-state index in [9.17, 15) is 0 Å². The summed E-state index contributed by atoms with van der Waals surface area (Å²) in [4.78, 5) is 9.54. The molecule has 1 aliphatic rings. The van der Waals surface area contributed by atoms with Crippen LogP contribution in [0, 0.1) is 0 Å². The van der Waals surface area contributed by atoms with E-state index in [2.05, 4.69) is 87.5 Å². The Kier molecular flexibility index (Phi) is 5.84. The van der Waals surface area contributed by atoms with Crippen molar-refractivity contribution < 1.29 is 4.52 Å². The molecular formula is C23H28N4O. The molecule has 0 aliphatic carbocycles. The highest BCUT2D eigenvalue weighted by atomic mass is 16.5. The van der Waals surface area contributed by atoms with Crippen LogP contribution in [0.15, 0.2) is 65.2 Å². The van der Waals surface area contributed by atoms with Gasteiger partial charge in [-0.15, -0.1) is 0 Å². The van der Waals surface area contributed by atoms with Gasteiger partial charge in [0, 0.05) is 32.6 Å². The Morgan fingerprint density at radius 3 is 1.89 bits per heavy atom. The van der Waals surface area contributed by atoms with E-state index in [0.29, 0.717) is 0 Å². The van der Waals surface area contributed by atoms with Gasteiger partial charge in [-0.25, -0.2) is 0 Å². The first-order valence-electron chi connectivity index (χ1n) is 10.2. The Morgan fingerprint density at radius 2 is 1.39 bits per heavy atom. The monoisotopic (exact) mass is 376 g/mol. The Balaban J connectivity index is 1.49. The second-order valence-corrected chi connectivity index (χ2v) is 7.37. The predicted octanol–water partition coefficient (Wildman–Crippen LogP) is 4.10. The first-order chi connectivity index (χ1) is 13.8. The highest BCUT2D eigenvalue weighted by Gasteiger charge is 2.30. The van der Waals surface area contributed by atoms with Crippen LogP contribution in [0.4, 0.5) is 0 Å². The Labute approximate surface area is 167 Å². The van der Waals surface area contributed by atoms with Gasteiger partial charge in [-0.2, -0.15) is 4.98 Å². The molecule has 0 spiro atoms. The maximum absolute atomic E-state index is 5.47. The molecule has 28 heavy (non-hydrogen) atoms. The van der Waals surface area contributed by atoms with Crippen molar-refractivity contribution in [1.29, 1.82) is 0 Å². The first-order valence-corrected chi connectivity index (χ1v) is 10.2. The fourth-order valence-electron chi connectivity index (χ4n) is 4.00. The van der Waals surface area contributed by atoms with Gasteiger partial charge in [0.1, 0.15) is 0 Å². The molecule has 1 unspecified atom stereocenters. The minimum absolute atomic E-state index is 0.154. The van der Waals surface area contributed by atoms with Crippen LogP contribution < -0.4 is 0 Å². The summed E-state index contributed by atoms with van der Waals surface area (Å²) >= 11 is 0. The number of hydrogen-bond acceptors (Lipinski definition) is 5. The van der Waals surface area contributed by atoms with Crippen molar-refractivity contribution in [2.24, 2.45) is 0 Å². The van der Waals surface area contributed by atoms with Gasteiger partial charge in [0.05, 0.1) is 12.1 Å². The van der Waals surface area contributed by atoms with Crippen LogP contribution in [0.25, 0.3) is 0 Å². The van der Waals surface area contributed by atoms with Crippen molar-refractivity contribution in [3.05, 3.63) is 83.5 Å². The average Bonchev–Trinajstić information content (AvgIpc) is 3.25. The van der Waals surface area contributed by atoms with Crippen molar-refractivity contribution in [2.45, 2.75) is 32.4 Å². The zero-order valence-electron chi connectivity index (χ0n) is 16.7. The third-order valence-electron chi connectivity index (χ3n) is 5.65. The van der Waals surface area contributed by atoms with E-state index >= 15 is 0 Å². The van der Waals surface area contributed by atoms with E-state index in [1.807, 2.05) is 6.92 Å². The van der Waals surface area contributed by atoms with Gasteiger partial charge in [-0.1, -0.05) is 72.7 Å². The largest absolute Gasteiger partial charge is 0.338 e. The molecule has 0 bridgehead atoms. The number of aryl methyl sites for hydroxylation is 1. The summed E-state index contributed by atoms with van der Waals surface area (Å²) in [5.74, 6) is 1.52. The second kappa shape index (κ2) is 8.67. The summed E-state index contributed by atoms with van der Waals surface area (Å²) in [6, 6.07) is 22.1. The molecule has 5 heteroatoms. The van der Waals surface area contributed by atoms with Gasteiger partial charge in [-0.3, -0.25) is 9.80 Å². The minimum Gasteiger partial charge on any atom is -0.338 e. The van der Waals surface area contributed by atoms with E-state index < -0.39 is 0 Å². The number of rotatable bonds is 6. The summed E-state index contributed by atoms with van der Waals surface area (Å²) in [6.45, 7) is 8.20. The summed E-state index contributed by atoms with van der Waals surface area (Å²) in [5.41, 5.74) is 2.69. The molecular weight excluding hydrogens is 348 g/mol. The molecule has 0 radical (unpaired) electrons. The van der Waals surface area contributed by atoms with Crippen molar-refractivity contribution in [1.82, 2.24) is 19.9 Å². The lowest BCUT2D eigenvalue weighted by atomic mass is 9.96. The second-order valence-electron chi connectivity index (χ2n) is 7.37. The topological polar surface area (TPSA) is 45.4 Å². The maximum Gasteiger partial charge on any atom is 0.243 e. The van der Waals surface area contributed by atoms with Crippen LogP contribution >= 0.6 is 0 Å². The van der Waals surface area contributed by atoms with E-state index in [0.717, 1.165) is 44.3 Å². The van der Waals surface area contributed by atoms with Crippen LogP contribution in [0.3, 0.4) is 0 Å². The SMILES string of the molecule is CCc1noc(C(C)N2CCN(C(c3ccccc3)c3ccccc3)CC2)n1. The van der Waals surface area contributed by atoms with Gasteiger partial charge in [0.2, 0.25) is 5.89 Å². The van der Waals surface area contributed by atoms with E-state index in [1.165, 1.54) is 11.1 Å². The Hall–Kier alpha value is -2.50. The minimum atomic E-state index is 0.154. The fourth-order valence-corrected chi connectivity index (χ4v) is 4.00. The van der Waals surface area contributed by atoms with Crippen LogP contribution in [0.5, 0.6) is 0 Å². The Bertz CT molecular complexity index is 817. The normalized spacial score (nSPS) is 17.1. The molecule has 0 N–H and O–H groups in total. The molecule has 146 valence electrons. The van der Waals surface area contributed by atoms with Crippen molar-refractivity contribution in [3.8, 4) is 0 Å². The molecule has 3 aromatic rings. The van der Waals surface area contributed by atoms with Gasteiger partial charge in [0.25, 0.3) is 0 Å². The van der Waals surface area contributed by atoms with E-state index in [1.54, 1.807) is 0 Å². The lowest BCUT2D eigenvalue weighted by Crippen LogP contribution is -2.48. The van der Waals surface area contributed by atoms with Gasteiger partial charge < -0.3 is 4.52 Å². The van der Waals surface area contributed by atoms with Crippen molar-refractivity contribution >= 4 is 0 Å². The Morgan fingerprint density at radius 1 is 0.857 bits per heavy atom. The average molecular weight is 377 g/mol. The number of benzene rings is 2. The molecule has 2 aromatic carbocycles. The van der Waals surface area contributed by atoms with Gasteiger partial charge >= 0.3 is 0 Å². The summed E-state index contributed by atoms with van der Waals surface area (Å²) in [6.07, 6.45) is 0.805. The first kappa shape index (κ1) is 18.8. The molecule has 1 fully saturated rings. The number of hydrogen-bond donors (Lipinski definition) is 0. The lowest BCUT2D eigenvalue weighted by Gasteiger charge is -2.41. The summed E-state index contributed by atoms with van der Waals surface area (Å²) < 4.78 is 5.47. The lowest BCUT2D eigenvalue weighted by molar-refractivity contribution is 0.0726. The third-order valence-corrected chi connectivity index (χ3v) is 5.65. The van der Waals surface area contributed by atoms with Gasteiger partial charge in [0.15, 0.2) is 5.82 Å². The van der Waals surface area contributed by atoms with Gasteiger partial charge in [-0.05, 0) is 18.1 Å². The quantitative estimate of drug-likeness (QED) is 0.648. The molecule has 1 aromatic heterocycles. The molecule has 1 saturated heterocycles. The van der Waals surface area contributed by atoms with Crippen LogP contribution in [-0.2, 0) is 6.42 Å².